The molecule has 134 valence electrons. The van der Waals surface area contributed by atoms with E-state index in [2.05, 4.69) is 38.0 Å². The summed E-state index contributed by atoms with van der Waals surface area (Å²) in [6, 6.07) is 0. The number of rotatable bonds is 12. The Hall–Kier alpha value is -0.753. The van der Waals surface area contributed by atoms with Gasteiger partial charge in [0, 0.05) is 6.92 Å². The molecule has 0 unspecified atom stereocenters. The maximum absolute atomic E-state index is 11.2. The Labute approximate surface area is 145 Å². The minimum Gasteiger partial charge on any atom is -0.449 e. The van der Waals surface area contributed by atoms with Gasteiger partial charge in [0.25, 0.3) is 0 Å². The molecule has 0 aromatic heterocycles. The third-order valence-corrected chi connectivity index (χ3v) is 4.63. The number of hydrogen-bond acceptors (Lipinski definition) is 2. The van der Waals surface area contributed by atoms with E-state index in [-0.39, 0.29) is 12.1 Å². The molecule has 23 heavy (non-hydrogen) atoms. The second-order valence-corrected chi connectivity index (χ2v) is 12.3. The zero-order valence-corrected chi connectivity index (χ0v) is 17.2. The van der Waals surface area contributed by atoms with Gasteiger partial charge < -0.3 is 4.74 Å². The van der Waals surface area contributed by atoms with Gasteiger partial charge in [0.05, 0.1) is 0 Å². The first-order chi connectivity index (χ1) is 10.8. The first kappa shape index (κ1) is 22.2. The largest absolute Gasteiger partial charge is 0.449 e. The molecule has 0 aromatic rings. The average molecular weight is 339 g/mol. The Bertz CT molecular complexity index is 360. The highest BCUT2D eigenvalue weighted by Gasteiger charge is 2.12. The van der Waals surface area contributed by atoms with Gasteiger partial charge in [-0.1, -0.05) is 90.3 Å². The molecule has 0 saturated carbocycles. The number of hydrogen-bond donors (Lipinski definition) is 0. The van der Waals surface area contributed by atoms with Crippen molar-refractivity contribution in [3.8, 4) is 11.5 Å². The van der Waals surface area contributed by atoms with Crippen LogP contribution in [0.2, 0.25) is 19.6 Å². The van der Waals surface area contributed by atoms with Crippen molar-refractivity contribution in [2.45, 2.75) is 110 Å². The van der Waals surface area contributed by atoms with Crippen molar-refractivity contribution < 1.29 is 9.53 Å². The molecule has 1 atom stereocenters. The lowest BCUT2D eigenvalue weighted by molar-refractivity contribution is -0.144. The van der Waals surface area contributed by atoms with Crippen molar-refractivity contribution in [2.24, 2.45) is 0 Å². The van der Waals surface area contributed by atoms with Crippen LogP contribution in [0.25, 0.3) is 0 Å². The summed E-state index contributed by atoms with van der Waals surface area (Å²) in [6.45, 7) is 10.4. The molecule has 0 aliphatic carbocycles. The van der Waals surface area contributed by atoms with Crippen LogP contribution in [0.3, 0.4) is 0 Å². The first-order valence-corrected chi connectivity index (χ1v) is 13.0. The Morgan fingerprint density at radius 3 is 1.83 bits per heavy atom. The highest BCUT2D eigenvalue weighted by Crippen LogP contribution is 2.13. The van der Waals surface area contributed by atoms with Gasteiger partial charge in [-0.2, -0.15) is 0 Å². The molecule has 0 spiro atoms. The van der Waals surface area contributed by atoms with Crippen LogP contribution >= 0.6 is 0 Å². The third-order valence-electron chi connectivity index (χ3n) is 3.74. The molecule has 2 nitrogen and oxygen atoms in total. The van der Waals surface area contributed by atoms with Gasteiger partial charge in [-0.05, 0) is 12.8 Å². The molecular formula is C20H38O2Si. The summed E-state index contributed by atoms with van der Waals surface area (Å²) in [5, 5.41) is 0. The highest BCUT2D eigenvalue weighted by atomic mass is 28.3. The van der Waals surface area contributed by atoms with Crippen molar-refractivity contribution in [1.82, 2.24) is 0 Å². The topological polar surface area (TPSA) is 26.3 Å². The predicted molar refractivity (Wildman–Crippen MR) is 103 cm³/mol. The molecular weight excluding hydrogens is 300 g/mol. The fourth-order valence-electron chi connectivity index (χ4n) is 2.48. The van der Waals surface area contributed by atoms with Crippen molar-refractivity contribution in [2.75, 3.05) is 0 Å². The molecule has 0 amide bonds. The van der Waals surface area contributed by atoms with E-state index in [0.717, 1.165) is 12.8 Å². The highest BCUT2D eigenvalue weighted by molar-refractivity contribution is 6.83. The van der Waals surface area contributed by atoms with Crippen LogP contribution in [0.15, 0.2) is 0 Å². The summed E-state index contributed by atoms with van der Waals surface area (Å²) < 4.78 is 5.34. The van der Waals surface area contributed by atoms with Crippen LogP contribution in [-0.2, 0) is 9.53 Å². The molecule has 0 heterocycles. The van der Waals surface area contributed by atoms with E-state index in [1.807, 2.05) is 0 Å². The van der Waals surface area contributed by atoms with E-state index >= 15 is 0 Å². The molecule has 3 heteroatoms. The van der Waals surface area contributed by atoms with Gasteiger partial charge >= 0.3 is 5.97 Å². The number of ether oxygens (including phenoxy) is 1. The summed E-state index contributed by atoms with van der Waals surface area (Å²) in [7, 11) is -1.40. The molecule has 0 fully saturated rings. The van der Waals surface area contributed by atoms with Crippen LogP contribution in [-0.4, -0.2) is 20.1 Å². The second-order valence-electron chi connectivity index (χ2n) is 7.59. The molecule has 0 aliphatic rings. The van der Waals surface area contributed by atoms with Gasteiger partial charge in [-0.15, -0.1) is 5.54 Å². The fourth-order valence-corrected chi connectivity index (χ4v) is 3.07. The van der Waals surface area contributed by atoms with Crippen LogP contribution in [0, 0.1) is 11.5 Å². The van der Waals surface area contributed by atoms with E-state index < -0.39 is 8.07 Å². The summed E-state index contributed by atoms with van der Waals surface area (Å²) in [5.41, 5.74) is 3.32. The van der Waals surface area contributed by atoms with Crippen molar-refractivity contribution in [3.05, 3.63) is 0 Å². The summed E-state index contributed by atoms with van der Waals surface area (Å²) in [4.78, 5) is 11.2. The minimum absolute atomic E-state index is 0.201. The molecule has 0 rings (SSSR count). The molecule has 0 aliphatic heterocycles. The average Bonchev–Trinajstić information content (AvgIpc) is 2.45. The Morgan fingerprint density at radius 1 is 0.913 bits per heavy atom. The van der Waals surface area contributed by atoms with Gasteiger partial charge in [-0.3, -0.25) is 4.79 Å². The lowest BCUT2D eigenvalue weighted by Gasteiger charge is -2.12. The van der Waals surface area contributed by atoms with Gasteiger partial charge in [0.1, 0.15) is 8.07 Å². The number of carbonyl (C=O) groups is 1. The maximum atomic E-state index is 11.2. The van der Waals surface area contributed by atoms with Crippen molar-refractivity contribution in [3.63, 3.8) is 0 Å². The van der Waals surface area contributed by atoms with Crippen molar-refractivity contribution in [1.29, 1.82) is 0 Å². The lowest BCUT2D eigenvalue weighted by atomic mass is 10.0. The normalized spacial score (nSPS) is 12.4. The van der Waals surface area contributed by atoms with Gasteiger partial charge in [-0.25, -0.2) is 0 Å². The SMILES string of the molecule is CCCCCCCCCCCC[C@H](C#C[Si](C)(C)C)OC(C)=O. The standard InChI is InChI=1S/C20H38O2Si/c1-6-7-8-9-10-11-12-13-14-15-16-20(22-19(2)21)17-18-23(3,4)5/h20H,6-16H2,1-5H3/t20-/m1/s1. The molecule has 0 radical (unpaired) electrons. The Kier molecular flexibility index (Phi) is 13.2. The van der Waals surface area contributed by atoms with Crippen molar-refractivity contribution >= 4 is 14.0 Å². The third kappa shape index (κ3) is 17.4. The number of unbranched alkanes of at least 4 members (excludes halogenated alkanes) is 9. The second kappa shape index (κ2) is 13.7. The van der Waals surface area contributed by atoms with E-state index in [1.165, 1.54) is 64.7 Å². The zero-order chi connectivity index (χ0) is 17.6. The van der Waals surface area contributed by atoms with E-state index in [4.69, 9.17) is 4.74 Å². The van der Waals surface area contributed by atoms with Gasteiger partial charge in [0.2, 0.25) is 0 Å². The molecule has 0 saturated heterocycles. The molecule has 0 N–H and O–H groups in total. The van der Waals surface area contributed by atoms with Crippen LogP contribution in [0.1, 0.15) is 84.5 Å². The van der Waals surface area contributed by atoms with Crippen LogP contribution < -0.4 is 0 Å². The fraction of sp³-hybridized carbons (Fsp3) is 0.850. The van der Waals surface area contributed by atoms with Crippen LogP contribution in [0.4, 0.5) is 0 Å². The van der Waals surface area contributed by atoms with E-state index in [9.17, 15) is 4.79 Å². The summed E-state index contributed by atoms with van der Waals surface area (Å²) in [5.74, 6) is 2.97. The first-order valence-electron chi connectivity index (χ1n) is 9.55. The summed E-state index contributed by atoms with van der Waals surface area (Å²) in [6.07, 6.45) is 13.9. The van der Waals surface area contributed by atoms with E-state index in [1.54, 1.807) is 0 Å². The molecule has 0 aromatic carbocycles. The lowest BCUT2D eigenvalue weighted by Crippen LogP contribution is -2.20. The minimum atomic E-state index is -1.40. The predicted octanol–water partition coefficient (Wildman–Crippen LogP) is 6.11. The maximum Gasteiger partial charge on any atom is 0.303 e. The van der Waals surface area contributed by atoms with Crippen LogP contribution in [0.5, 0.6) is 0 Å². The Balaban J connectivity index is 3.78. The smallest absolute Gasteiger partial charge is 0.303 e. The quantitative estimate of drug-likeness (QED) is 0.186. The number of carbonyl (C=O) groups excluding carboxylic acids is 1. The summed E-state index contributed by atoms with van der Waals surface area (Å²) >= 11 is 0. The van der Waals surface area contributed by atoms with Gasteiger partial charge in [0.15, 0.2) is 6.10 Å². The molecule has 0 bridgehead atoms. The number of esters is 1. The Morgan fingerprint density at radius 2 is 1.39 bits per heavy atom. The van der Waals surface area contributed by atoms with E-state index in [0.29, 0.717) is 0 Å². The zero-order valence-electron chi connectivity index (χ0n) is 16.2. The monoisotopic (exact) mass is 338 g/mol.